The zero-order valence-corrected chi connectivity index (χ0v) is 16.0. The summed E-state index contributed by atoms with van der Waals surface area (Å²) in [5.41, 5.74) is 6.23. The van der Waals surface area contributed by atoms with E-state index >= 15 is 0 Å². The summed E-state index contributed by atoms with van der Waals surface area (Å²) >= 11 is 0. The third-order valence-electron chi connectivity index (χ3n) is 4.84. The standard InChI is InChI=1S/C20H27N3O4/c1-12(2)17(22-19(26)13(3)21)20(27)23-10-6-9-16(23)18(25)15-8-5-4-7-14(15)11-24/h4-5,7-8,11-13,16-17H,6,9-10,21H2,1-3H3,(H,22,26)/t13-,16-,17-/m0/s1. The Balaban J connectivity index is 2.25. The number of nitrogens with one attached hydrogen (secondary N) is 1. The molecular weight excluding hydrogens is 346 g/mol. The van der Waals surface area contributed by atoms with Crippen molar-refractivity contribution in [3.05, 3.63) is 35.4 Å². The first kappa shape index (κ1) is 20.8. The zero-order valence-electron chi connectivity index (χ0n) is 16.0. The molecule has 0 radical (unpaired) electrons. The molecule has 1 aromatic carbocycles. The van der Waals surface area contributed by atoms with E-state index < -0.39 is 24.0 Å². The van der Waals surface area contributed by atoms with Gasteiger partial charge in [-0.05, 0) is 25.7 Å². The molecule has 0 aromatic heterocycles. The van der Waals surface area contributed by atoms with Crippen molar-refractivity contribution < 1.29 is 19.2 Å². The SMILES string of the molecule is CC(C)[C@H](NC(=O)[C@H](C)N)C(=O)N1CCC[C@H]1C(=O)c1ccccc1C=O. The molecule has 0 aliphatic carbocycles. The Morgan fingerprint density at radius 1 is 1.22 bits per heavy atom. The topological polar surface area (TPSA) is 110 Å². The fraction of sp³-hybridized carbons (Fsp3) is 0.500. The van der Waals surface area contributed by atoms with Gasteiger partial charge in [0.2, 0.25) is 11.8 Å². The summed E-state index contributed by atoms with van der Waals surface area (Å²) in [6, 6.07) is 4.46. The van der Waals surface area contributed by atoms with E-state index in [0.29, 0.717) is 36.8 Å². The number of amides is 2. The van der Waals surface area contributed by atoms with Crippen molar-refractivity contribution in [2.75, 3.05) is 6.54 Å². The minimum atomic E-state index is -0.752. The number of hydrogen-bond donors (Lipinski definition) is 2. The van der Waals surface area contributed by atoms with Crippen molar-refractivity contribution in [1.82, 2.24) is 10.2 Å². The van der Waals surface area contributed by atoms with E-state index in [1.807, 2.05) is 13.8 Å². The summed E-state index contributed by atoms with van der Waals surface area (Å²) in [7, 11) is 0. The number of carbonyl (C=O) groups excluding carboxylic acids is 4. The Labute approximate surface area is 159 Å². The Morgan fingerprint density at radius 3 is 2.48 bits per heavy atom. The number of rotatable bonds is 7. The number of nitrogens with zero attached hydrogens (tertiary/aromatic N) is 1. The molecule has 146 valence electrons. The molecular formula is C20H27N3O4. The fourth-order valence-electron chi connectivity index (χ4n) is 3.28. The molecule has 7 nitrogen and oxygen atoms in total. The maximum absolute atomic E-state index is 13.1. The number of nitrogens with two attached hydrogens (primary N) is 1. The predicted octanol–water partition coefficient (Wildman–Crippen LogP) is 1.16. The highest BCUT2D eigenvalue weighted by molar-refractivity contribution is 6.07. The van der Waals surface area contributed by atoms with Crippen LogP contribution in [-0.4, -0.2) is 53.5 Å². The molecule has 0 spiro atoms. The zero-order chi connectivity index (χ0) is 20.1. The van der Waals surface area contributed by atoms with E-state index in [1.54, 1.807) is 31.2 Å². The first-order valence-electron chi connectivity index (χ1n) is 9.22. The highest BCUT2D eigenvalue weighted by Gasteiger charge is 2.39. The minimum absolute atomic E-state index is 0.154. The van der Waals surface area contributed by atoms with Gasteiger partial charge < -0.3 is 16.0 Å². The van der Waals surface area contributed by atoms with Crippen molar-refractivity contribution in [2.45, 2.75) is 51.7 Å². The van der Waals surface area contributed by atoms with Gasteiger partial charge in [-0.2, -0.15) is 0 Å². The van der Waals surface area contributed by atoms with E-state index in [0.717, 1.165) is 0 Å². The van der Waals surface area contributed by atoms with Gasteiger partial charge in [0.05, 0.1) is 12.1 Å². The van der Waals surface area contributed by atoms with E-state index in [-0.39, 0.29) is 17.6 Å². The molecule has 0 unspecified atom stereocenters. The number of benzene rings is 1. The van der Waals surface area contributed by atoms with Gasteiger partial charge in [-0.3, -0.25) is 19.2 Å². The van der Waals surface area contributed by atoms with Gasteiger partial charge in [0.25, 0.3) is 0 Å². The van der Waals surface area contributed by atoms with Gasteiger partial charge in [0.1, 0.15) is 6.04 Å². The molecule has 1 aliphatic rings. The van der Waals surface area contributed by atoms with Crippen molar-refractivity contribution in [3.8, 4) is 0 Å². The molecule has 7 heteroatoms. The third kappa shape index (κ3) is 4.60. The lowest BCUT2D eigenvalue weighted by Gasteiger charge is -2.31. The van der Waals surface area contributed by atoms with Gasteiger partial charge in [0.15, 0.2) is 12.1 Å². The molecule has 2 amide bonds. The summed E-state index contributed by atoms with van der Waals surface area (Å²) in [5, 5.41) is 2.69. The number of carbonyl (C=O) groups is 4. The summed E-state index contributed by atoms with van der Waals surface area (Å²) in [5.74, 6) is -1.10. The van der Waals surface area contributed by atoms with Crippen LogP contribution in [0.25, 0.3) is 0 Å². The monoisotopic (exact) mass is 373 g/mol. The molecule has 1 aliphatic heterocycles. The van der Waals surface area contributed by atoms with Crippen LogP contribution in [0.2, 0.25) is 0 Å². The molecule has 27 heavy (non-hydrogen) atoms. The van der Waals surface area contributed by atoms with Gasteiger partial charge in [-0.15, -0.1) is 0 Å². The lowest BCUT2D eigenvalue weighted by molar-refractivity contribution is -0.138. The molecule has 2 rings (SSSR count). The quantitative estimate of drug-likeness (QED) is 0.551. The summed E-state index contributed by atoms with van der Waals surface area (Å²) in [6.45, 7) is 5.66. The second-order valence-corrected chi connectivity index (χ2v) is 7.28. The fourth-order valence-corrected chi connectivity index (χ4v) is 3.28. The van der Waals surface area contributed by atoms with Crippen molar-refractivity contribution in [2.24, 2.45) is 11.7 Å². The van der Waals surface area contributed by atoms with Crippen LogP contribution < -0.4 is 11.1 Å². The Hall–Kier alpha value is -2.54. The van der Waals surface area contributed by atoms with Crippen LogP contribution in [0.1, 0.15) is 54.3 Å². The van der Waals surface area contributed by atoms with Crippen LogP contribution in [0.5, 0.6) is 0 Å². The maximum Gasteiger partial charge on any atom is 0.246 e. The van der Waals surface area contributed by atoms with Gasteiger partial charge in [-0.25, -0.2) is 0 Å². The third-order valence-corrected chi connectivity index (χ3v) is 4.84. The molecule has 3 atom stereocenters. The first-order valence-corrected chi connectivity index (χ1v) is 9.22. The first-order chi connectivity index (χ1) is 12.8. The molecule has 1 saturated heterocycles. The Morgan fingerprint density at radius 2 is 1.89 bits per heavy atom. The highest BCUT2D eigenvalue weighted by atomic mass is 16.2. The average molecular weight is 373 g/mol. The second kappa shape index (κ2) is 8.90. The Kier molecular flexibility index (Phi) is 6.85. The lowest BCUT2D eigenvalue weighted by Crippen LogP contribution is -2.56. The lowest BCUT2D eigenvalue weighted by atomic mass is 9.96. The van der Waals surface area contributed by atoms with Gasteiger partial charge in [-0.1, -0.05) is 38.1 Å². The molecule has 0 bridgehead atoms. The van der Waals surface area contributed by atoms with Crippen molar-refractivity contribution >= 4 is 23.9 Å². The van der Waals surface area contributed by atoms with Gasteiger partial charge >= 0.3 is 0 Å². The summed E-state index contributed by atoms with van der Waals surface area (Å²) < 4.78 is 0. The van der Waals surface area contributed by atoms with Crippen LogP contribution in [0.15, 0.2) is 24.3 Å². The molecule has 1 fully saturated rings. The second-order valence-electron chi connectivity index (χ2n) is 7.28. The molecule has 1 aromatic rings. The number of aldehydes is 1. The van der Waals surface area contributed by atoms with E-state index in [2.05, 4.69) is 5.32 Å². The highest BCUT2D eigenvalue weighted by Crippen LogP contribution is 2.24. The minimum Gasteiger partial charge on any atom is -0.343 e. The predicted molar refractivity (Wildman–Crippen MR) is 101 cm³/mol. The van der Waals surface area contributed by atoms with Crippen LogP contribution >= 0.6 is 0 Å². The largest absolute Gasteiger partial charge is 0.343 e. The normalized spacial score (nSPS) is 18.9. The average Bonchev–Trinajstić information content (AvgIpc) is 3.14. The number of hydrogen-bond acceptors (Lipinski definition) is 5. The summed E-state index contributed by atoms with van der Waals surface area (Å²) in [4.78, 5) is 50.9. The van der Waals surface area contributed by atoms with Crippen molar-refractivity contribution in [1.29, 1.82) is 0 Å². The van der Waals surface area contributed by atoms with Gasteiger partial charge in [0, 0.05) is 17.7 Å². The van der Waals surface area contributed by atoms with E-state index in [1.165, 1.54) is 4.90 Å². The number of Topliss-reactive ketones (excluding diaryl/α,β-unsaturated/α-hetero) is 1. The van der Waals surface area contributed by atoms with Crippen LogP contribution in [0.3, 0.4) is 0 Å². The summed E-state index contributed by atoms with van der Waals surface area (Å²) in [6.07, 6.45) is 1.87. The van der Waals surface area contributed by atoms with E-state index in [9.17, 15) is 19.2 Å². The molecule has 1 heterocycles. The van der Waals surface area contributed by atoms with Crippen LogP contribution in [0.4, 0.5) is 0 Å². The number of ketones is 1. The Bertz CT molecular complexity index is 730. The number of likely N-dealkylation sites (tertiary alicyclic amines) is 1. The van der Waals surface area contributed by atoms with E-state index in [4.69, 9.17) is 5.73 Å². The maximum atomic E-state index is 13.1. The van der Waals surface area contributed by atoms with Crippen LogP contribution in [0, 0.1) is 5.92 Å². The van der Waals surface area contributed by atoms with Crippen LogP contribution in [-0.2, 0) is 9.59 Å². The molecule has 3 N–H and O–H groups in total. The van der Waals surface area contributed by atoms with Crippen molar-refractivity contribution in [3.63, 3.8) is 0 Å². The smallest absolute Gasteiger partial charge is 0.246 e. The molecule has 0 saturated carbocycles.